The molecule has 1 aromatic heterocycles. The first-order valence-corrected chi connectivity index (χ1v) is 9.49. The molecule has 1 aliphatic rings. The molecule has 0 spiro atoms. The summed E-state index contributed by atoms with van der Waals surface area (Å²) in [4.78, 5) is 18.2. The van der Waals surface area contributed by atoms with Crippen molar-refractivity contribution in [3.05, 3.63) is 58.6 Å². The molecule has 1 amide bonds. The topological polar surface area (TPSA) is 45.2 Å². The first kappa shape index (κ1) is 16.2. The molecule has 2 aromatic carbocycles. The first-order valence-electron chi connectivity index (χ1n) is 8.61. The molecule has 25 heavy (non-hydrogen) atoms. The third-order valence-corrected chi connectivity index (χ3v) is 5.53. The Hall–Kier alpha value is -2.24. The summed E-state index contributed by atoms with van der Waals surface area (Å²) in [6.07, 6.45) is 2.07. The molecule has 128 valence electrons. The molecule has 0 atom stereocenters. The van der Waals surface area contributed by atoms with Crippen LogP contribution in [0.2, 0.25) is 0 Å². The summed E-state index contributed by atoms with van der Waals surface area (Å²) in [5, 5.41) is 2.88. The maximum atomic E-state index is 11.3. The van der Waals surface area contributed by atoms with E-state index in [-0.39, 0.29) is 5.91 Å². The summed E-state index contributed by atoms with van der Waals surface area (Å²) in [5.74, 6) is -0.0207. The van der Waals surface area contributed by atoms with Crippen LogP contribution >= 0.6 is 11.3 Å². The van der Waals surface area contributed by atoms with Crippen molar-refractivity contribution in [2.45, 2.75) is 26.3 Å². The Balaban J connectivity index is 1.46. The Labute approximate surface area is 151 Å². The largest absolute Gasteiger partial charge is 0.326 e. The van der Waals surface area contributed by atoms with Gasteiger partial charge in [0.05, 0.1) is 15.7 Å². The Morgan fingerprint density at radius 1 is 1.16 bits per heavy atom. The van der Waals surface area contributed by atoms with E-state index in [1.165, 1.54) is 21.4 Å². The molecule has 2 heterocycles. The molecule has 0 radical (unpaired) electrons. The molecular formula is C20H21N3OS. The van der Waals surface area contributed by atoms with Crippen molar-refractivity contribution in [1.29, 1.82) is 0 Å². The minimum atomic E-state index is -0.0207. The lowest BCUT2D eigenvalue weighted by atomic mass is 10.0. The third kappa shape index (κ3) is 3.72. The first-order chi connectivity index (χ1) is 12.2. The standard InChI is InChI=1S/C20H21N3OS/c1-14(24)22-18-4-3-16-6-8-23(9-7-17(16)11-18)12-15-2-5-20-19(10-15)21-13-25-20/h2-5,10-11,13H,6-9,12H2,1H3,(H,22,24). The summed E-state index contributed by atoms with van der Waals surface area (Å²) >= 11 is 1.69. The lowest BCUT2D eigenvalue weighted by Crippen LogP contribution is -2.25. The number of anilines is 1. The predicted octanol–water partition coefficient (Wildman–Crippen LogP) is 3.86. The smallest absolute Gasteiger partial charge is 0.221 e. The Morgan fingerprint density at radius 3 is 2.84 bits per heavy atom. The summed E-state index contributed by atoms with van der Waals surface area (Å²) in [6, 6.07) is 12.9. The van der Waals surface area contributed by atoms with Gasteiger partial charge in [-0.3, -0.25) is 9.69 Å². The summed E-state index contributed by atoms with van der Waals surface area (Å²) in [5.41, 5.74) is 7.97. The third-order valence-electron chi connectivity index (χ3n) is 4.72. The van der Waals surface area contributed by atoms with E-state index in [9.17, 15) is 4.79 Å². The van der Waals surface area contributed by atoms with E-state index >= 15 is 0 Å². The van der Waals surface area contributed by atoms with Crippen LogP contribution in [0.25, 0.3) is 10.2 Å². The number of thiazole rings is 1. The molecule has 0 bridgehead atoms. The fraction of sp³-hybridized carbons (Fsp3) is 0.300. The number of carbonyl (C=O) groups is 1. The number of hydrogen-bond donors (Lipinski definition) is 1. The second kappa shape index (κ2) is 6.94. The van der Waals surface area contributed by atoms with E-state index in [2.05, 4.69) is 45.5 Å². The van der Waals surface area contributed by atoms with Gasteiger partial charge >= 0.3 is 0 Å². The van der Waals surface area contributed by atoms with Crippen LogP contribution in [0.1, 0.15) is 23.6 Å². The Kier molecular flexibility index (Phi) is 4.51. The maximum absolute atomic E-state index is 11.3. The number of nitrogens with one attached hydrogen (secondary N) is 1. The van der Waals surface area contributed by atoms with Gasteiger partial charge in [0.2, 0.25) is 5.91 Å². The molecule has 1 aliphatic heterocycles. The van der Waals surface area contributed by atoms with Crippen molar-refractivity contribution < 1.29 is 4.79 Å². The van der Waals surface area contributed by atoms with Gasteiger partial charge in [-0.05, 0) is 53.8 Å². The molecular weight excluding hydrogens is 330 g/mol. The van der Waals surface area contributed by atoms with E-state index in [0.29, 0.717) is 0 Å². The van der Waals surface area contributed by atoms with Crippen LogP contribution < -0.4 is 5.32 Å². The maximum Gasteiger partial charge on any atom is 0.221 e. The normalized spacial score (nSPS) is 14.9. The number of nitrogens with zero attached hydrogens (tertiary/aromatic N) is 2. The van der Waals surface area contributed by atoms with E-state index < -0.39 is 0 Å². The van der Waals surface area contributed by atoms with Crippen molar-refractivity contribution in [3.8, 4) is 0 Å². The van der Waals surface area contributed by atoms with Gasteiger partial charge in [0.1, 0.15) is 0 Å². The number of amides is 1. The lowest BCUT2D eigenvalue weighted by Gasteiger charge is -2.19. The minimum Gasteiger partial charge on any atom is -0.326 e. The van der Waals surface area contributed by atoms with Crippen molar-refractivity contribution >= 4 is 33.1 Å². The van der Waals surface area contributed by atoms with Crippen molar-refractivity contribution in [2.24, 2.45) is 0 Å². The van der Waals surface area contributed by atoms with Gasteiger partial charge in [-0.1, -0.05) is 12.1 Å². The van der Waals surface area contributed by atoms with Gasteiger partial charge < -0.3 is 5.32 Å². The molecule has 0 fully saturated rings. The van der Waals surface area contributed by atoms with Gasteiger partial charge in [-0.15, -0.1) is 11.3 Å². The molecule has 5 heteroatoms. The van der Waals surface area contributed by atoms with Crippen LogP contribution in [0.3, 0.4) is 0 Å². The number of rotatable bonds is 3. The van der Waals surface area contributed by atoms with E-state index in [0.717, 1.165) is 43.7 Å². The van der Waals surface area contributed by atoms with Crippen LogP contribution in [0.15, 0.2) is 41.9 Å². The van der Waals surface area contributed by atoms with Gasteiger partial charge in [0.25, 0.3) is 0 Å². The van der Waals surface area contributed by atoms with Crippen LogP contribution in [0.5, 0.6) is 0 Å². The highest BCUT2D eigenvalue weighted by Crippen LogP contribution is 2.23. The molecule has 0 aliphatic carbocycles. The average molecular weight is 351 g/mol. The second-order valence-corrected chi connectivity index (χ2v) is 7.48. The summed E-state index contributed by atoms with van der Waals surface area (Å²) in [7, 11) is 0. The van der Waals surface area contributed by atoms with Crippen molar-refractivity contribution in [3.63, 3.8) is 0 Å². The van der Waals surface area contributed by atoms with Crippen LogP contribution in [0, 0.1) is 0 Å². The van der Waals surface area contributed by atoms with E-state index in [1.807, 2.05) is 11.6 Å². The highest BCUT2D eigenvalue weighted by Gasteiger charge is 2.15. The van der Waals surface area contributed by atoms with E-state index in [4.69, 9.17) is 0 Å². The average Bonchev–Trinajstić information content (AvgIpc) is 2.96. The number of fused-ring (bicyclic) bond motifs is 2. The quantitative estimate of drug-likeness (QED) is 0.779. The van der Waals surface area contributed by atoms with Gasteiger partial charge in [0, 0.05) is 32.2 Å². The molecule has 0 unspecified atom stereocenters. The number of hydrogen-bond acceptors (Lipinski definition) is 4. The Morgan fingerprint density at radius 2 is 2.00 bits per heavy atom. The number of carbonyl (C=O) groups excluding carboxylic acids is 1. The molecule has 3 aromatic rings. The van der Waals surface area contributed by atoms with Gasteiger partial charge in [-0.2, -0.15) is 0 Å². The zero-order valence-corrected chi connectivity index (χ0v) is 15.1. The van der Waals surface area contributed by atoms with Gasteiger partial charge in [0.15, 0.2) is 0 Å². The predicted molar refractivity (Wildman–Crippen MR) is 103 cm³/mol. The molecule has 0 saturated carbocycles. The minimum absolute atomic E-state index is 0.0207. The zero-order valence-electron chi connectivity index (χ0n) is 14.3. The Bertz CT molecular complexity index is 918. The molecule has 4 rings (SSSR count). The fourth-order valence-electron chi connectivity index (χ4n) is 3.47. The lowest BCUT2D eigenvalue weighted by molar-refractivity contribution is -0.114. The van der Waals surface area contributed by atoms with Crippen molar-refractivity contribution in [2.75, 3.05) is 18.4 Å². The highest BCUT2D eigenvalue weighted by atomic mass is 32.1. The highest BCUT2D eigenvalue weighted by molar-refractivity contribution is 7.16. The monoisotopic (exact) mass is 351 g/mol. The SMILES string of the molecule is CC(=O)Nc1ccc2c(c1)CCN(Cc1ccc3scnc3c1)CC2. The summed E-state index contributed by atoms with van der Waals surface area (Å²) in [6.45, 7) is 4.60. The molecule has 1 N–H and O–H groups in total. The van der Waals surface area contributed by atoms with E-state index in [1.54, 1.807) is 18.3 Å². The zero-order chi connectivity index (χ0) is 17.2. The van der Waals surface area contributed by atoms with Crippen LogP contribution in [-0.2, 0) is 24.2 Å². The molecule has 0 saturated heterocycles. The fourth-order valence-corrected chi connectivity index (χ4v) is 4.13. The number of benzene rings is 2. The summed E-state index contributed by atoms with van der Waals surface area (Å²) < 4.78 is 1.25. The van der Waals surface area contributed by atoms with Gasteiger partial charge in [-0.25, -0.2) is 4.98 Å². The van der Waals surface area contributed by atoms with Crippen LogP contribution in [0.4, 0.5) is 5.69 Å². The molecule has 4 nitrogen and oxygen atoms in total. The second-order valence-electron chi connectivity index (χ2n) is 6.60. The number of aromatic nitrogens is 1. The van der Waals surface area contributed by atoms with Crippen molar-refractivity contribution in [1.82, 2.24) is 9.88 Å². The van der Waals surface area contributed by atoms with Crippen LogP contribution in [-0.4, -0.2) is 28.9 Å².